The van der Waals surface area contributed by atoms with Gasteiger partial charge in [0.2, 0.25) is 0 Å². The van der Waals surface area contributed by atoms with Gasteiger partial charge in [0, 0.05) is 13.0 Å². The Labute approximate surface area is 90.1 Å². The normalized spacial score (nSPS) is 11.9. The van der Waals surface area contributed by atoms with Gasteiger partial charge >= 0.3 is 5.97 Å². The Kier molecular flexibility index (Phi) is 6.19. The molecule has 0 aliphatic carbocycles. The van der Waals surface area contributed by atoms with Gasteiger partial charge in [0.05, 0.1) is 0 Å². The van der Waals surface area contributed by atoms with Crippen LogP contribution in [0.1, 0.15) is 26.7 Å². The molecule has 0 heterocycles. The Morgan fingerprint density at radius 3 is 2.47 bits per heavy atom. The van der Waals surface area contributed by atoms with Gasteiger partial charge in [-0.15, -0.1) is 6.42 Å². The van der Waals surface area contributed by atoms with Crippen LogP contribution in [0.5, 0.6) is 0 Å². The fourth-order valence-corrected chi connectivity index (χ4v) is 1.44. The molecule has 0 aromatic carbocycles. The van der Waals surface area contributed by atoms with Gasteiger partial charge in [-0.05, 0) is 24.2 Å². The third kappa shape index (κ3) is 7.56. The summed E-state index contributed by atoms with van der Waals surface area (Å²) >= 11 is 0. The van der Waals surface area contributed by atoms with Crippen molar-refractivity contribution in [1.82, 2.24) is 5.32 Å². The molecule has 15 heavy (non-hydrogen) atoms. The highest BCUT2D eigenvalue weighted by Crippen LogP contribution is 2.14. The van der Waals surface area contributed by atoms with Gasteiger partial charge in [0.15, 0.2) is 0 Å². The number of carboxylic acid groups (broad SMARTS) is 1. The van der Waals surface area contributed by atoms with Gasteiger partial charge in [0.1, 0.15) is 0 Å². The number of aliphatic carboxylic acids is 1. The minimum Gasteiger partial charge on any atom is -0.481 e. The quantitative estimate of drug-likeness (QED) is 0.641. The Morgan fingerprint density at radius 2 is 2.07 bits per heavy atom. The van der Waals surface area contributed by atoms with E-state index in [2.05, 4.69) is 5.32 Å². The number of carbonyl (C=O) groups is 2. The maximum atomic E-state index is 10.8. The van der Waals surface area contributed by atoms with Crippen molar-refractivity contribution in [2.75, 3.05) is 6.54 Å². The van der Waals surface area contributed by atoms with Gasteiger partial charge in [-0.2, -0.15) is 0 Å². The van der Waals surface area contributed by atoms with Crippen LogP contribution in [0.25, 0.3) is 0 Å². The van der Waals surface area contributed by atoms with Crippen LogP contribution < -0.4 is 5.32 Å². The summed E-state index contributed by atoms with van der Waals surface area (Å²) in [5.41, 5.74) is 0. The minimum atomic E-state index is -0.851. The molecule has 1 atom stereocenters. The summed E-state index contributed by atoms with van der Waals surface area (Å²) in [6, 6.07) is 0. The summed E-state index contributed by atoms with van der Waals surface area (Å²) in [5.74, 6) is 0.931. The van der Waals surface area contributed by atoms with E-state index in [1.54, 1.807) is 0 Å². The van der Waals surface area contributed by atoms with Crippen molar-refractivity contribution in [2.24, 2.45) is 11.8 Å². The average Bonchev–Trinajstić information content (AvgIpc) is 2.11. The molecule has 0 radical (unpaired) electrons. The molecular formula is C11H17NO3. The molecule has 4 nitrogen and oxygen atoms in total. The van der Waals surface area contributed by atoms with E-state index < -0.39 is 11.9 Å². The molecule has 0 saturated heterocycles. The molecule has 0 bridgehead atoms. The molecule has 84 valence electrons. The van der Waals surface area contributed by atoms with Crippen LogP contribution >= 0.6 is 0 Å². The fraction of sp³-hybridized carbons (Fsp3) is 0.636. The van der Waals surface area contributed by atoms with E-state index in [0.717, 1.165) is 6.42 Å². The second-order valence-corrected chi connectivity index (χ2v) is 3.95. The van der Waals surface area contributed by atoms with Crippen LogP contribution in [-0.4, -0.2) is 23.5 Å². The van der Waals surface area contributed by atoms with Crippen molar-refractivity contribution in [1.29, 1.82) is 0 Å². The molecular weight excluding hydrogens is 194 g/mol. The topological polar surface area (TPSA) is 66.4 Å². The van der Waals surface area contributed by atoms with Gasteiger partial charge in [0.25, 0.3) is 5.91 Å². The third-order valence-corrected chi connectivity index (χ3v) is 1.95. The maximum Gasteiger partial charge on any atom is 0.303 e. The van der Waals surface area contributed by atoms with E-state index in [1.165, 1.54) is 0 Å². The van der Waals surface area contributed by atoms with E-state index in [1.807, 2.05) is 19.8 Å². The van der Waals surface area contributed by atoms with Crippen molar-refractivity contribution in [2.45, 2.75) is 26.7 Å². The number of carbonyl (C=O) groups excluding carboxylic acids is 1. The highest BCUT2D eigenvalue weighted by Gasteiger charge is 2.15. The van der Waals surface area contributed by atoms with Crippen LogP contribution in [0.15, 0.2) is 0 Å². The molecule has 0 aromatic rings. The zero-order valence-corrected chi connectivity index (χ0v) is 9.12. The lowest BCUT2D eigenvalue weighted by atomic mass is 9.94. The molecule has 0 saturated carbocycles. The van der Waals surface area contributed by atoms with Crippen molar-refractivity contribution < 1.29 is 14.7 Å². The van der Waals surface area contributed by atoms with Gasteiger partial charge in [-0.3, -0.25) is 9.59 Å². The standard InChI is InChI=1S/C11H17NO3/c1-4-10(13)12-7-9(5-8(2)3)6-11(14)15/h1,8-9H,5-7H2,2-3H3,(H,12,13)(H,14,15). The molecule has 0 aliphatic rings. The van der Waals surface area contributed by atoms with Gasteiger partial charge in [-0.1, -0.05) is 13.8 Å². The van der Waals surface area contributed by atoms with Gasteiger partial charge in [-0.25, -0.2) is 0 Å². The predicted octanol–water partition coefficient (Wildman–Crippen LogP) is 0.873. The summed E-state index contributed by atoms with van der Waals surface area (Å²) in [7, 11) is 0. The second kappa shape index (κ2) is 6.88. The number of amides is 1. The molecule has 0 aliphatic heterocycles. The van der Waals surface area contributed by atoms with Crippen LogP contribution in [0, 0.1) is 24.2 Å². The average molecular weight is 211 g/mol. The molecule has 1 amide bonds. The summed E-state index contributed by atoms with van der Waals surface area (Å²) < 4.78 is 0. The van der Waals surface area contributed by atoms with Crippen molar-refractivity contribution in [3.05, 3.63) is 0 Å². The SMILES string of the molecule is C#CC(=O)NCC(CC(=O)O)CC(C)C. The second-order valence-electron chi connectivity index (χ2n) is 3.95. The maximum absolute atomic E-state index is 10.8. The van der Waals surface area contributed by atoms with Crippen molar-refractivity contribution in [3.8, 4) is 12.3 Å². The molecule has 0 spiro atoms. The Hall–Kier alpha value is -1.50. The minimum absolute atomic E-state index is 0.0557. The van der Waals surface area contributed by atoms with Crippen LogP contribution in [0.3, 0.4) is 0 Å². The first-order valence-corrected chi connectivity index (χ1v) is 4.92. The molecule has 4 heteroatoms. The van der Waals surface area contributed by atoms with Crippen molar-refractivity contribution in [3.63, 3.8) is 0 Å². The van der Waals surface area contributed by atoms with Crippen LogP contribution in [-0.2, 0) is 9.59 Å². The fourth-order valence-electron chi connectivity index (χ4n) is 1.44. The van der Waals surface area contributed by atoms with Crippen molar-refractivity contribution >= 4 is 11.9 Å². The Balaban J connectivity index is 4.07. The Bertz CT molecular complexity index is 265. The molecule has 0 aromatic heterocycles. The number of nitrogens with one attached hydrogen (secondary N) is 1. The zero-order valence-electron chi connectivity index (χ0n) is 9.12. The number of hydrogen-bond acceptors (Lipinski definition) is 2. The number of rotatable bonds is 6. The lowest BCUT2D eigenvalue weighted by molar-refractivity contribution is -0.138. The molecule has 1 unspecified atom stereocenters. The van der Waals surface area contributed by atoms with Gasteiger partial charge < -0.3 is 10.4 Å². The van der Waals surface area contributed by atoms with Crippen LogP contribution in [0.2, 0.25) is 0 Å². The highest BCUT2D eigenvalue weighted by molar-refractivity contribution is 5.92. The van der Waals surface area contributed by atoms with Crippen LogP contribution in [0.4, 0.5) is 0 Å². The van der Waals surface area contributed by atoms with E-state index in [-0.39, 0.29) is 12.3 Å². The summed E-state index contributed by atoms with van der Waals surface area (Å²) in [4.78, 5) is 21.3. The summed E-state index contributed by atoms with van der Waals surface area (Å²) in [6.07, 6.45) is 5.70. The highest BCUT2D eigenvalue weighted by atomic mass is 16.4. The largest absolute Gasteiger partial charge is 0.481 e. The molecule has 0 fully saturated rings. The smallest absolute Gasteiger partial charge is 0.303 e. The van der Waals surface area contributed by atoms with E-state index in [9.17, 15) is 9.59 Å². The molecule has 2 N–H and O–H groups in total. The third-order valence-electron chi connectivity index (χ3n) is 1.95. The number of carboxylic acids is 1. The molecule has 0 rings (SSSR count). The Morgan fingerprint density at radius 1 is 1.47 bits per heavy atom. The summed E-state index contributed by atoms with van der Waals surface area (Å²) in [6.45, 7) is 4.35. The first kappa shape index (κ1) is 13.5. The lowest BCUT2D eigenvalue weighted by Gasteiger charge is -2.16. The first-order valence-electron chi connectivity index (χ1n) is 4.92. The first-order chi connectivity index (χ1) is 6.95. The number of hydrogen-bond donors (Lipinski definition) is 2. The van der Waals surface area contributed by atoms with E-state index in [4.69, 9.17) is 11.5 Å². The predicted molar refractivity (Wildman–Crippen MR) is 57.0 cm³/mol. The monoisotopic (exact) mass is 211 g/mol. The zero-order chi connectivity index (χ0) is 11.8. The van der Waals surface area contributed by atoms with E-state index >= 15 is 0 Å². The summed E-state index contributed by atoms with van der Waals surface area (Å²) in [5, 5.41) is 11.2. The lowest BCUT2D eigenvalue weighted by Crippen LogP contribution is -2.30. The number of terminal acetylenes is 1. The van der Waals surface area contributed by atoms with E-state index in [0.29, 0.717) is 12.5 Å².